The van der Waals surface area contributed by atoms with Crippen LogP contribution in [0.15, 0.2) is 9.59 Å². The normalized spacial score (nSPS) is 22.7. The van der Waals surface area contributed by atoms with Gasteiger partial charge in [-0.15, -0.1) is 5.10 Å². The summed E-state index contributed by atoms with van der Waals surface area (Å²) in [6.07, 6.45) is 3.38. The predicted molar refractivity (Wildman–Crippen MR) is 77.9 cm³/mol. The molecule has 0 aliphatic heterocycles. The molecule has 1 aromatic rings. The Morgan fingerprint density at radius 1 is 1.37 bits per heavy atom. The van der Waals surface area contributed by atoms with Gasteiger partial charge >= 0.3 is 5.69 Å². The minimum absolute atomic E-state index is 0.266. The Bertz CT molecular complexity index is 566. The van der Waals surface area contributed by atoms with Crippen LogP contribution in [0.5, 0.6) is 0 Å². The largest absolute Gasteiger partial charge is 0.360 e. The van der Waals surface area contributed by atoms with E-state index in [1.54, 1.807) is 7.05 Å². The molecule has 0 amide bonds. The Balaban J connectivity index is 2.24. The summed E-state index contributed by atoms with van der Waals surface area (Å²) in [6, 6.07) is 0.266. The van der Waals surface area contributed by atoms with Gasteiger partial charge in [0.2, 0.25) is 5.82 Å². The number of hydrogen-bond acceptors (Lipinski definition) is 5. The van der Waals surface area contributed by atoms with Crippen LogP contribution < -0.4 is 16.6 Å². The van der Waals surface area contributed by atoms with Crippen molar-refractivity contribution in [2.75, 3.05) is 11.1 Å². The van der Waals surface area contributed by atoms with Crippen molar-refractivity contribution in [2.45, 2.75) is 37.5 Å². The Hall–Kier alpha value is -1.24. The molecule has 1 aliphatic rings. The lowest BCUT2D eigenvalue weighted by molar-refractivity contribution is 0.598. The zero-order valence-corrected chi connectivity index (χ0v) is 12.4. The van der Waals surface area contributed by atoms with E-state index in [2.05, 4.69) is 17.3 Å². The van der Waals surface area contributed by atoms with E-state index in [1.807, 2.05) is 11.8 Å². The maximum absolute atomic E-state index is 12.0. The highest BCUT2D eigenvalue weighted by atomic mass is 32.2. The molecule has 19 heavy (non-hydrogen) atoms. The minimum atomic E-state index is -0.401. The molecule has 1 aliphatic carbocycles. The fourth-order valence-electron chi connectivity index (χ4n) is 2.47. The lowest BCUT2D eigenvalue weighted by Gasteiger charge is -2.20. The van der Waals surface area contributed by atoms with Gasteiger partial charge in [0.05, 0.1) is 0 Å². The van der Waals surface area contributed by atoms with Gasteiger partial charge in [-0.1, -0.05) is 13.3 Å². The molecule has 0 aromatic carbocycles. The molecule has 1 fully saturated rings. The van der Waals surface area contributed by atoms with Gasteiger partial charge in [0, 0.05) is 25.4 Å². The second kappa shape index (κ2) is 5.81. The van der Waals surface area contributed by atoms with E-state index >= 15 is 0 Å². The highest BCUT2D eigenvalue weighted by molar-refractivity contribution is 7.99. The summed E-state index contributed by atoms with van der Waals surface area (Å²) in [5.41, 5.74) is -0.753. The number of aryl methyl sites for hydroxylation is 1. The molecule has 1 aromatic heterocycles. The van der Waals surface area contributed by atoms with Crippen molar-refractivity contribution in [3.05, 3.63) is 20.8 Å². The first-order valence-corrected chi connectivity index (χ1v) is 7.62. The van der Waals surface area contributed by atoms with Crippen LogP contribution in [0.25, 0.3) is 0 Å². The molecule has 1 N–H and O–H groups in total. The van der Waals surface area contributed by atoms with Gasteiger partial charge in [-0.2, -0.15) is 11.8 Å². The van der Waals surface area contributed by atoms with Crippen molar-refractivity contribution < 1.29 is 0 Å². The summed E-state index contributed by atoms with van der Waals surface area (Å²) in [4.78, 5) is 23.6. The summed E-state index contributed by atoms with van der Waals surface area (Å²) in [5, 5.41) is 7.79. The third-order valence-corrected chi connectivity index (χ3v) is 4.80. The maximum Gasteiger partial charge on any atom is 0.346 e. The van der Waals surface area contributed by atoms with Gasteiger partial charge in [0.25, 0.3) is 5.56 Å². The minimum Gasteiger partial charge on any atom is -0.360 e. The van der Waals surface area contributed by atoms with E-state index in [4.69, 9.17) is 0 Å². The summed E-state index contributed by atoms with van der Waals surface area (Å²) < 4.78 is 2.28. The summed E-state index contributed by atoms with van der Waals surface area (Å²) in [7, 11) is 3.03. The number of hydrogen-bond donors (Lipinski definition) is 1. The fraction of sp³-hybridized carbons (Fsp3) is 0.750. The zero-order chi connectivity index (χ0) is 14.0. The van der Waals surface area contributed by atoms with E-state index in [0.29, 0.717) is 5.25 Å². The molecule has 0 bridgehead atoms. The van der Waals surface area contributed by atoms with Crippen LogP contribution in [0.1, 0.15) is 26.2 Å². The van der Waals surface area contributed by atoms with Crippen molar-refractivity contribution in [1.82, 2.24) is 14.3 Å². The van der Waals surface area contributed by atoms with Gasteiger partial charge in [-0.3, -0.25) is 9.36 Å². The van der Waals surface area contributed by atoms with Gasteiger partial charge in [0.1, 0.15) is 0 Å². The van der Waals surface area contributed by atoms with Crippen LogP contribution in [0.4, 0.5) is 5.82 Å². The van der Waals surface area contributed by atoms with E-state index in [1.165, 1.54) is 24.6 Å². The molecule has 7 heteroatoms. The Labute approximate surface area is 116 Å². The molecule has 106 valence electrons. The number of nitrogens with zero attached hydrogens (tertiary/aromatic N) is 3. The topological polar surface area (TPSA) is 68.9 Å². The van der Waals surface area contributed by atoms with E-state index < -0.39 is 5.69 Å². The van der Waals surface area contributed by atoms with Crippen LogP contribution in [-0.4, -0.2) is 31.4 Å². The molecule has 0 saturated heterocycles. The second-order valence-electron chi connectivity index (χ2n) is 4.79. The zero-order valence-electron chi connectivity index (χ0n) is 11.5. The smallest absolute Gasteiger partial charge is 0.346 e. The average Bonchev–Trinajstić information content (AvgIpc) is 2.81. The highest BCUT2D eigenvalue weighted by Crippen LogP contribution is 2.31. The Kier molecular flexibility index (Phi) is 4.34. The third-order valence-electron chi connectivity index (χ3n) is 3.48. The number of aromatic nitrogens is 3. The molecule has 2 rings (SSSR count). The van der Waals surface area contributed by atoms with Crippen LogP contribution >= 0.6 is 11.8 Å². The first kappa shape index (κ1) is 14.2. The lowest BCUT2D eigenvalue weighted by atomic mass is 10.2. The number of nitrogens with one attached hydrogen (secondary N) is 1. The van der Waals surface area contributed by atoms with E-state index in [9.17, 15) is 9.59 Å². The first-order valence-electron chi connectivity index (χ1n) is 6.57. The van der Waals surface area contributed by atoms with Crippen molar-refractivity contribution in [2.24, 2.45) is 14.1 Å². The number of rotatable bonds is 4. The van der Waals surface area contributed by atoms with Crippen LogP contribution in [0.2, 0.25) is 0 Å². The van der Waals surface area contributed by atoms with E-state index in [0.717, 1.165) is 16.7 Å². The molecule has 2 atom stereocenters. The summed E-state index contributed by atoms with van der Waals surface area (Å²) in [6.45, 7) is 2.14. The quantitative estimate of drug-likeness (QED) is 0.875. The predicted octanol–water partition coefficient (Wildman–Crippen LogP) is 0.565. The van der Waals surface area contributed by atoms with Gasteiger partial charge in [-0.05, 0) is 18.6 Å². The molecular formula is C12H20N4O2S. The number of thioether (sulfide) groups is 1. The van der Waals surface area contributed by atoms with Crippen LogP contribution in [0, 0.1) is 0 Å². The third kappa shape index (κ3) is 2.86. The van der Waals surface area contributed by atoms with E-state index in [-0.39, 0.29) is 17.4 Å². The van der Waals surface area contributed by atoms with Crippen LogP contribution in [-0.2, 0) is 14.1 Å². The highest BCUT2D eigenvalue weighted by Gasteiger charge is 2.28. The molecular weight excluding hydrogens is 264 g/mol. The van der Waals surface area contributed by atoms with Gasteiger partial charge in [-0.25, -0.2) is 9.48 Å². The molecule has 1 saturated carbocycles. The van der Waals surface area contributed by atoms with Crippen molar-refractivity contribution >= 4 is 17.6 Å². The van der Waals surface area contributed by atoms with Crippen molar-refractivity contribution in [3.8, 4) is 0 Å². The van der Waals surface area contributed by atoms with Crippen LogP contribution in [0.3, 0.4) is 0 Å². The maximum atomic E-state index is 12.0. The first-order chi connectivity index (χ1) is 9.04. The van der Waals surface area contributed by atoms with Crippen molar-refractivity contribution in [1.29, 1.82) is 0 Å². The standard InChI is InChI=1S/C12H20N4O2S/c1-4-19-9-7-5-6-8(9)13-10-11(17)15(2)12(18)16(3)14-10/h8-9H,4-7H2,1-3H3,(H,13,14). The molecule has 6 nitrogen and oxygen atoms in total. The molecule has 0 radical (unpaired) electrons. The Morgan fingerprint density at radius 3 is 2.79 bits per heavy atom. The van der Waals surface area contributed by atoms with Gasteiger partial charge in [0.15, 0.2) is 0 Å². The molecule has 2 unspecified atom stereocenters. The molecule has 0 spiro atoms. The summed E-state index contributed by atoms with van der Waals surface area (Å²) in [5.74, 6) is 1.35. The van der Waals surface area contributed by atoms with Crippen molar-refractivity contribution in [3.63, 3.8) is 0 Å². The molecule has 1 heterocycles. The Morgan fingerprint density at radius 2 is 2.11 bits per heavy atom. The number of anilines is 1. The fourth-order valence-corrected chi connectivity index (χ4v) is 3.67. The SMILES string of the molecule is CCSC1CCCC1Nc1nn(C)c(=O)n(C)c1=O. The monoisotopic (exact) mass is 284 g/mol. The average molecular weight is 284 g/mol. The van der Waals surface area contributed by atoms with Gasteiger partial charge < -0.3 is 5.32 Å². The second-order valence-corrected chi connectivity index (χ2v) is 6.31. The lowest BCUT2D eigenvalue weighted by Crippen LogP contribution is -2.41. The summed E-state index contributed by atoms with van der Waals surface area (Å²) >= 11 is 1.92.